The predicted molar refractivity (Wildman–Crippen MR) is 247 cm³/mol. The van der Waals surface area contributed by atoms with E-state index in [9.17, 15) is 19.2 Å². The molecule has 1 saturated heterocycles. The van der Waals surface area contributed by atoms with Gasteiger partial charge in [0.1, 0.15) is 0 Å². The lowest BCUT2D eigenvalue weighted by molar-refractivity contribution is 0.0517. The van der Waals surface area contributed by atoms with Gasteiger partial charge >= 0.3 is 23.9 Å². The lowest BCUT2D eigenvalue weighted by Gasteiger charge is -2.35. The van der Waals surface area contributed by atoms with E-state index in [-0.39, 0.29) is 50.2 Å². The molecule has 3 heterocycles. The number of hydrogen-bond donors (Lipinski definition) is 4. The Kier molecular flexibility index (Phi) is 15.0. The van der Waals surface area contributed by atoms with Gasteiger partial charge in [-0.3, -0.25) is 0 Å². The van der Waals surface area contributed by atoms with Crippen LogP contribution in [-0.4, -0.2) is 106 Å². The number of nitrogens with zero attached hydrogens (tertiary/aromatic N) is 8. The van der Waals surface area contributed by atoms with Gasteiger partial charge in [0.2, 0.25) is 35.7 Å². The Labute approximate surface area is 380 Å². The molecule has 6 aromatic rings. The summed E-state index contributed by atoms with van der Waals surface area (Å²) in [5, 5.41) is 12.9. The third kappa shape index (κ3) is 12.0. The number of carbonyl (C=O) groups excluding carboxylic acids is 4. The average molecular weight is 897 g/mol. The molecular formula is C46H48N12O8. The minimum atomic E-state index is -0.424. The summed E-state index contributed by atoms with van der Waals surface area (Å²) in [6, 6.07) is 27.0. The lowest BCUT2D eigenvalue weighted by Crippen LogP contribution is -2.48. The van der Waals surface area contributed by atoms with Crippen LogP contribution >= 0.6 is 0 Å². The summed E-state index contributed by atoms with van der Waals surface area (Å²) in [5.74, 6) is 0.0493. The number of nitrogens with one attached hydrogen (secondary N) is 4. The topological polar surface area (TPSA) is 237 Å². The smallest absolute Gasteiger partial charge is 0.338 e. The van der Waals surface area contributed by atoms with Crippen LogP contribution in [0, 0.1) is 0 Å². The van der Waals surface area contributed by atoms with Crippen molar-refractivity contribution in [1.82, 2.24) is 29.9 Å². The van der Waals surface area contributed by atoms with Gasteiger partial charge in [-0.1, -0.05) is 0 Å². The molecule has 0 amide bonds. The van der Waals surface area contributed by atoms with E-state index in [1.807, 2.05) is 9.80 Å². The molecule has 66 heavy (non-hydrogen) atoms. The van der Waals surface area contributed by atoms with Gasteiger partial charge in [-0.2, -0.15) is 29.9 Å². The second-order valence-electron chi connectivity index (χ2n) is 14.2. The van der Waals surface area contributed by atoms with Gasteiger partial charge in [0.05, 0.1) is 48.7 Å². The first kappa shape index (κ1) is 45.6. The van der Waals surface area contributed by atoms with Crippen molar-refractivity contribution in [2.45, 2.75) is 27.7 Å². The van der Waals surface area contributed by atoms with E-state index in [1.54, 1.807) is 125 Å². The molecule has 0 saturated carbocycles. The number of rotatable bonds is 18. The van der Waals surface area contributed by atoms with Gasteiger partial charge in [0.15, 0.2) is 0 Å². The van der Waals surface area contributed by atoms with Gasteiger partial charge in [0, 0.05) is 48.9 Å². The molecule has 0 bridgehead atoms. The highest BCUT2D eigenvalue weighted by molar-refractivity contribution is 5.91. The monoisotopic (exact) mass is 896 g/mol. The van der Waals surface area contributed by atoms with E-state index in [4.69, 9.17) is 38.9 Å². The Morgan fingerprint density at radius 3 is 0.788 bits per heavy atom. The number of esters is 4. The van der Waals surface area contributed by atoms with Crippen LogP contribution in [0.3, 0.4) is 0 Å². The fourth-order valence-corrected chi connectivity index (χ4v) is 6.48. The normalized spacial score (nSPS) is 12.1. The van der Waals surface area contributed by atoms with Gasteiger partial charge in [-0.15, -0.1) is 0 Å². The summed E-state index contributed by atoms with van der Waals surface area (Å²) in [7, 11) is 0. The minimum absolute atomic E-state index is 0.242. The summed E-state index contributed by atoms with van der Waals surface area (Å²) >= 11 is 0. The third-order valence-electron chi connectivity index (χ3n) is 9.70. The number of aromatic nitrogens is 6. The largest absolute Gasteiger partial charge is 0.462 e. The predicted octanol–water partition coefficient (Wildman–Crippen LogP) is 7.06. The van der Waals surface area contributed by atoms with E-state index in [2.05, 4.69) is 31.2 Å². The molecule has 4 N–H and O–H groups in total. The molecule has 1 fully saturated rings. The second-order valence-corrected chi connectivity index (χ2v) is 14.2. The first-order valence-electron chi connectivity index (χ1n) is 21.3. The molecule has 2 aromatic heterocycles. The van der Waals surface area contributed by atoms with E-state index in [0.717, 1.165) is 0 Å². The Morgan fingerprint density at radius 1 is 0.379 bits per heavy atom. The highest BCUT2D eigenvalue weighted by Gasteiger charge is 2.24. The first-order chi connectivity index (χ1) is 32.1. The lowest BCUT2D eigenvalue weighted by atomic mass is 10.2. The number of hydrogen-bond acceptors (Lipinski definition) is 20. The summed E-state index contributed by atoms with van der Waals surface area (Å²) in [6.45, 7) is 9.91. The van der Waals surface area contributed by atoms with Crippen LogP contribution in [0.2, 0.25) is 0 Å². The van der Waals surface area contributed by atoms with Crippen molar-refractivity contribution < 1.29 is 38.1 Å². The molecule has 1 aliphatic rings. The fraction of sp³-hybridized carbons (Fsp3) is 0.261. The molecule has 0 unspecified atom stereocenters. The van der Waals surface area contributed by atoms with E-state index in [1.165, 1.54) is 0 Å². The van der Waals surface area contributed by atoms with Crippen LogP contribution in [0.5, 0.6) is 0 Å². The van der Waals surface area contributed by atoms with Gasteiger partial charge in [-0.25, -0.2) is 19.2 Å². The Hall–Kier alpha value is -8.42. The van der Waals surface area contributed by atoms with Crippen LogP contribution in [0.1, 0.15) is 69.1 Å². The van der Waals surface area contributed by atoms with Crippen molar-refractivity contribution in [2.24, 2.45) is 0 Å². The summed E-state index contributed by atoms with van der Waals surface area (Å²) < 4.78 is 20.5. The van der Waals surface area contributed by atoms with Crippen LogP contribution in [0.4, 0.5) is 58.4 Å². The zero-order valence-corrected chi connectivity index (χ0v) is 36.7. The fourth-order valence-electron chi connectivity index (χ4n) is 6.48. The Bertz CT molecular complexity index is 2280. The maximum absolute atomic E-state index is 12.3. The number of anilines is 10. The Morgan fingerprint density at radius 2 is 0.591 bits per heavy atom. The number of piperazine rings is 1. The quantitative estimate of drug-likeness (QED) is 0.0499. The molecule has 0 aliphatic carbocycles. The molecule has 7 rings (SSSR count). The highest BCUT2D eigenvalue weighted by Crippen LogP contribution is 2.26. The van der Waals surface area contributed by atoms with E-state index in [0.29, 0.717) is 83.1 Å². The van der Waals surface area contributed by atoms with Gasteiger partial charge in [0.25, 0.3) is 0 Å². The van der Waals surface area contributed by atoms with Gasteiger partial charge < -0.3 is 50.0 Å². The van der Waals surface area contributed by atoms with Crippen molar-refractivity contribution in [1.29, 1.82) is 0 Å². The van der Waals surface area contributed by atoms with Crippen molar-refractivity contribution in [2.75, 3.05) is 83.7 Å². The van der Waals surface area contributed by atoms with Crippen molar-refractivity contribution >= 4 is 82.3 Å². The summed E-state index contributed by atoms with van der Waals surface area (Å²) in [5.41, 5.74) is 4.14. The zero-order chi connectivity index (χ0) is 46.4. The maximum Gasteiger partial charge on any atom is 0.338 e. The standard InChI is InChI=1S/C46H48N12O8/c1-5-63-37(59)29-9-17-33(18-10-29)47-41-51-42(48-34-19-11-30(12-20-34)38(60)64-6-2)54-45(53-41)57-25-27-58(28-26-57)46-55-43(49-35-21-13-31(14-22-35)39(61)65-7-3)52-44(56-46)50-36-23-15-32(16-24-36)40(62)66-8-4/h9-24H,5-8,25-28H2,1-4H3,(H2,47,48,51,53,54)(H2,49,50,52,55,56). The number of ether oxygens (including phenoxy) is 4. The highest BCUT2D eigenvalue weighted by atomic mass is 16.5. The van der Waals surface area contributed by atoms with Crippen LogP contribution < -0.4 is 31.1 Å². The molecule has 20 nitrogen and oxygen atoms in total. The maximum atomic E-state index is 12.3. The molecule has 0 spiro atoms. The number of carbonyl (C=O) groups is 4. The van der Waals surface area contributed by atoms with Crippen molar-refractivity contribution in [3.8, 4) is 0 Å². The van der Waals surface area contributed by atoms with E-state index < -0.39 is 23.9 Å². The zero-order valence-electron chi connectivity index (χ0n) is 36.7. The molecule has 4 aromatic carbocycles. The van der Waals surface area contributed by atoms with Crippen LogP contribution in [-0.2, 0) is 18.9 Å². The van der Waals surface area contributed by atoms with Gasteiger partial charge in [-0.05, 0) is 125 Å². The molecular weight excluding hydrogens is 849 g/mol. The van der Waals surface area contributed by atoms with Crippen molar-refractivity contribution in [3.63, 3.8) is 0 Å². The Balaban J connectivity index is 1.12. The van der Waals surface area contributed by atoms with Crippen LogP contribution in [0.25, 0.3) is 0 Å². The van der Waals surface area contributed by atoms with Crippen molar-refractivity contribution in [3.05, 3.63) is 119 Å². The third-order valence-corrected chi connectivity index (χ3v) is 9.70. The van der Waals surface area contributed by atoms with E-state index >= 15 is 0 Å². The minimum Gasteiger partial charge on any atom is -0.462 e. The van der Waals surface area contributed by atoms with Crippen LogP contribution in [0.15, 0.2) is 97.1 Å². The summed E-state index contributed by atoms with van der Waals surface area (Å²) in [6.07, 6.45) is 0. The number of benzene rings is 4. The molecule has 1 aliphatic heterocycles. The molecule has 20 heteroatoms. The average Bonchev–Trinajstić information content (AvgIpc) is 3.33. The molecule has 0 atom stereocenters. The second kappa shape index (κ2) is 21.8. The summed E-state index contributed by atoms with van der Waals surface area (Å²) in [4.78, 5) is 81.5. The first-order valence-corrected chi connectivity index (χ1v) is 21.3. The SMILES string of the molecule is CCOC(=O)c1ccc(Nc2nc(Nc3ccc(C(=O)OCC)cc3)nc(N3CCN(c4nc(Nc5ccc(C(=O)OCC)cc5)nc(Nc5ccc(C(=O)OCC)cc5)n4)CC3)n2)cc1. The molecule has 340 valence electrons. The molecule has 0 radical (unpaired) electrons.